The Kier molecular flexibility index (Phi) is 6.49. The average molecular weight is 382 g/mol. The van der Waals surface area contributed by atoms with E-state index < -0.39 is 0 Å². The van der Waals surface area contributed by atoms with Gasteiger partial charge in [-0.25, -0.2) is 5.43 Å². The fourth-order valence-corrected chi connectivity index (χ4v) is 3.27. The van der Waals surface area contributed by atoms with E-state index in [9.17, 15) is 9.90 Å². The zero-order chi connectivity index (χ0) is 19.9. The van der Waals surface area contributed by atoms with Gasteiger partial charge in [-0.05, 0) is 42.3 Å². The van der Waals surface area contributed by atoms with Crippen LogP contribution < -0.4 is 15.1 Å². The summed E-state index contributed by atoms with van der Waals surface area (Å²) in [5.74, 6) is 0.272. The zero-order valence-electron chi connectivity index (χ0n) is 16.3. The summed E-state index contributed by atoms with van der Waals surface area (Å²) in [7, 11) is 1.49. The number of anilines is 1. The Labute approximate surface area is 165 Å². The Balaban J connectivity index is 1.44. The number of hydrogen-bond donors (Lipinski definition) is 2. The molecule has 0 radical (unpaired) electrons. The quantitative estimate of drug-likeness (QED) is 0.590. The molecule has 0 aromatic heterocycles. The first-order chi connectivity index (χ1) is 13.6. The lowest BCUT2D eigenvalue weighted by atomic mass is 10.1. The summed E-state index contributed by atoms with van der Waals surface area (Å²) >= 11 is 0. The number of aromatic hydroxyl groups is 1. The van der Waals surface area contributed by atoms with E-state index in [1.807, 2.05) is 6.07 Å². The molecule has 7 heteroatoms. The summed E-state index contributed by atoms with van der Waals surface area (Å²) in [5, 5.41) is 13.7. The highest BCUT2D eigenvalue weighted by Crippen LogP contribution is 2.25. The maximum Gasteiger partial charge on any atom is 0.254 e. The number of aryl methyl sites for hydroxylation is 1. The number of carbonyl (C=O) groups excluding carboxylic acids is 1. The summed E-state index contributed by atoms with van der Waals surface area (Å²) in [4.78, 5) is 16.6. The molecule has 1 amide bonds. The van der Waals surface area contributed by atoms with E-state index in [1.54, 1.807) is 12.1 Å². The minimum Gasteiger partial charge on any atom is -0.504 e. The molecule has 0 bridgehead atoms. The zero-order valence-corrected chi connectivity index (χ0v) is 16.3. The minimum atomic E-state index is -0.154. The van der Waals surface area contributed by atoms with Crippen molar-refractivity contribution in [1.29, 1.82) is 0 Å². The van der Waals surface area contributed by atoms with Gasteiger partial charge in [0.1, 0.15) is 0 Å². The molecule has 3 rings (SSSR count). The second-order valence-electron chi connectivity index (χ2n) is 6.77. The summed E-state index contributed by atoms with van der Waals surface area (Å²) in [5.41, 5.74) is 5.75. The number of nitrogens with one attached hydrogen (secondary N) is 1. The van der Waals surface area contributed by atoms with Crippen molar-refractivity contribution in [2.24, 2.45) is 5.10 Å². The number of hydrogen-bond acceptors (Lipinski definition) is 6. The van der Waals surface area contributed by atoms with Crippen molar-refractivity contribution in [3.05, 3.63) is 53.6 Å². The summed E-state index contributed by atoms with van der Waals surface area (Å²) in [6.45, 7) is 5.89. The lowest BCUT2D eigenvalue weighted by Crippen LogP contribution is -2.49. The number of para-hydroxylation sites is 1. The Bertz CT molecular complexity index is 845. The van der Waals surface area contributed by atoms with Crippen molar-refractivity contribution < 1.29 is 14.6 Å². The molecule has 0 atom stereocenters. The average Bonchev–Trinajstić information content (AvgIpc) is 2.69. The van der Waals surface area contributed by atoms with Crippen LogP contribution >= 0.6 is 0 Å². The van der Waals surface area contributed by atoms with E-state index in [-0.39, 0.29) is 11.7 Å². The van der Waals surface area contributed by atoms with Gasteiger partial charge in [0.15, 0.2) is 11.5 Å². The Morgan fingerprint density at radius 3 is 2.64 bits per heavy atom. The van der Waals surface area contributed by atoms with E-state index in [2.05, 4.69) is 45.4 Å². The number of piperazine rings is 1. The summed E-state index contributed by atoms with van der Waals surface area (Å²) in [6, 6.07) is 13.3. The number of phenols is 1. The van der Waals surface area contributed by atoms with Gasteiger partial charge in [0.25, 0.3) is 5.91 Å². The van der Waals surface area contributed by atoms with Crippen LogP contribution in [0.5, 0.6) is 11.5 Å². The molecule has 1 aliphatic heterocycles. The smallest absolute Gasteiger partial charge is 0.254 e. The lowest BCUT2D eigenvalue weighted by molar-refractivity contribution is -0.122. The van der Waals surface area contributed by atoms with Crippen LogP contribution in [0, 0.1) is 6.92 Å². The van der Waals surface area contributed by atoms with Gasteiger partial charge in [0, 0.05) is 31.9 Å². The Hall–Kier alpha value is -3.06. The second-order valence-corrected chi connectivity index (χ2v) is 6.77. The number of hydrazone groups is 1. The molecule has 1 heterocycles. The van der Waals surface area contributed by atoms with E-state index >= 15 is 0 Å². The predicted octanol–water partition coefficient (Wildman–Crippen LogP) is 1.98. The molecular formula is C21H26N4O3. The monoisotopic (exact) mass is 382 g/mol. The fourth-order valence-electron chi connectivity index (χ4n) is 3.27. The van der Waals surface area contributed by atoms with Gasteiger partial charge >= 0.3 is 0 Å². The standard InChI is InChI=1S/C21H26N4O3/c1-16-5-3-4-6-18(16)25-11-9-24(10-12-25)15-21(27)23-22-14-17-7-8-20(28-2)19(26)13-17/h3-8,13-14,26H,9-12,15H2,1-2H3,(H,23,27)/b22-14+. The number of nitrogens with zero attached hydrogens (tertiary/aromatic N) is 3. The van der Waals surface area contributed by atoms with Gasteiger partial charge in [-0.3, -0.25) is 9.69 Å². The molecular weight excluding hydrogens is 356 g/mol. The fraction of sp³-hybridized carbons (Fsp3) is 0.333. The van der Waals surface area contributed by atoms with E-state index in [4.69, 9.17) is 4.74 Å². The van der Waals surface area contributed by atoms with Crippen LogP contribution in [0.1, 0.15) is 11.1 Å². The van der Waals surface area contributed by atoms with E-state index in [0.717, 1.165) is 26.2 Å². The van der Waals surface area contributed by atoms with Crippen molar-refractivity contribution in [2.75, 3.05) is 44.7 Å². The van der Waals surface area contributed by atoms with Gasteiger partial charge in [-0.1, -0.05) is 18.2 Å². The number of amides is 1. The van der Waals surface area contributed by atoms with Gasteiger partial charge < -0.3 is 14.7 Å². The SMILES string of the molecule is COc1ccc(/C=N/NC(=O)CN2CCN(c3ccccc3C)CC2)cc1O. The van der Waals surface area contributed by atoms with Crippen LogP contribution in [-0.4, -0.2) is 62.0 Å². The third-order valence-corrected chi connectivity index (χ3v) is 4.80. The first-order valence-corrected chi connectivity index (χ1v) is 9.28. The normalized spacial score (nSPS) is 15.0. The van der Waals surface area contributed by atoms with Crippen molar-refractivity contribution >= 4 is 17.8 Å². The minimum absolute atomic E-state index is 0.0318. The topological polar surface area (TPSA) is 77.4 Å². The Morgan fingerprint density at radius 1 is 1.21 bits per heavy atom. The predicted molar refractivity (Wildman–Crippen MR) is 110 cm³/mol. The molecule has 1 fully saturated rings. The molecule has 28 heavy (non-hydrogen) atoms. The maximum absolute atomic E-state index is 12.1. The largest absolute Gasteiger partial charge is 0.504 e. The second kappa shape index (κ2) is 9.23. The molecule has 2 aromatic carbocycles. The first-order valence-electron chi connectivity index (χ1n) is 9.28. The molecule has 148 valence electrons. The summed E-state index contributed by atoms with van der Waals surface area (Å²) in [6.07, 6.45) is 1.49. The third-order valence-electron chi connectivity index (χ3n) is 4.80. The number of methoxy groups -OCH3 is 1. The van der Waals surface area contributed by atoms with Crippen LogP contribution in [0.4, 0.5) is 5.69 Å². The van der Waals surface area contributed by atoms with E-state index in [0.29, 0.717) is 17.9 Å². The van der Waals surface area contributed by atoms with E-state index in [1.165, 1.54) is 30.6 Å². The maximum atomic E-state index is 12.1. The molecule has 7 nitrogen and oxygen atoms in total. The molecule has 0 aliphatic carbocycles. The van der Waals surface area contributed by atoms with Crippen molar-refractivity contribution in [3.63, 3.8) is 0 Å². The highest BCUT2D eigenvalue weighted by Gasteiger charge is 2.19. The lowest BCUT2D eigenvalue weighted by Gasteiger charge is -2.36. The van der Waals surface area contributed by atoms with Gasteiger partial charge in [-0.15, -0.1) is 0 Å². The molecule has 2 aromatic rings. The van der Waals surface area contributed by atoms with Gasteiger partial charge in [0.05, 0.1) is 19.9 Å². The molecule has 0 spiro atoms. The number of rotatable bonds is 6. The van der Waals surface area contributed by atoms with Crippen molar-refractivity contribution in [1.82, 2.24) is 10.3 Å². The highest BCUT2D eigenvalue weighted by atomic mass is 16.5. The number of carbonyl (C=O) groups is 1. The van der Waals surface area contributed by atoms with Gasteiger partial charge in [0.2, 0.25) is 0 Å². The molecule has 0 saturated carbocycles. The van der Waals surface area contributed by atoms with Crippen LogP contribution in [0.3, 0.4) is 0 Å². The summed E-state index contributed by atoms with van der Waals surface area (Å²) < 4.78 is 5.00. The van der Waals surface area contributed by atoms with Gasteiger partial charge in [-0.2, -0.15) is 5.10 Å². The van der Waals surface area contributed by atoms with Crippen molar-refractivity contribution in [2.45, 2.75) is 6.92 Å². The first kappa shape index (κ1) is 19.7. The number of benzene rings is 2. The number of phenolic OH excluding ortho intramolecular Hbond substituents is 1. The molecule has 2 N–H and O–H groups in total. The van der Waals surface area contributed by atoms with Crippen LogP contribution in [0.15, 0.2) is 47.6 Å². The van der Waals surface area contributed by atoms with Crippen LogP contribution in [0.25, 0.3) is 0 Å². The third kappa shape index (κ3) is 5.01. The van der Waals surface area contributed by atoms with Crippen molar-refractivity contribution in [3.8, 4) is 11.5 Å². The molecule has 0 unspecified atom stereocenters. The highest BCUT2D eigenvalue weighted by molar-refractivity contribution is 5.83. The molecule has 1 aliphatic rings. The van der Waals surface area contributed by atoms with Crippen LogP contribution in [-0.2, 0) is 4.79 Å². The molecule has 1 saturated heterocycles. The van der Waals surface area contributed by atoms with Crippen LogP contribution in [0.2, 0.25) is 0 Å². The number of ether oxygens (including phenoxy) is 1. The Morgan fingerprint density at radius 2 is 1.96 bits per heavy atom.